The Morgan fingerprint density at radius 1 is 0.848 bits per heavy atom. The Hall–Kier alpha value is -3.04. The summed E-state index contributed by atoms with van der Waals surface area (Å²) in [5, 5.41) is 4.22. The molecule has 1 aliphatic heterocycles. The molecule has 2 aromatic carbocycles. The molecule has 2 heterocycles. The van der Waals surface area contributed by atoms with E-state index in [0.717, 1.165) is 10.7 Å². The maximum atomic E-state index is 12.8. The van der Waals surface area contributed by atoms with Crippen molar-refractivity contribution in [3.63, 3.8) is 0 Å². The Morgan fingerprint density at radius 3 is 2.00 bits per heavy atom. The van der Waals surface area contributed by atoms with Gasteiger partial charge in [0.05, 0.1) is 16.3 Å². The van der Waals surface area contributed by atoms with Gasteiger partial charge >= 0.3 is 6.18 Å². The average Bonchev–Trinajstić information content (AvgIpc) is 3.30. The quantitative estimate of drug-likeness (QED) is 0.523. The number of hydrogen-bond acceptors (Lipinski definition) is 3. The Kier molecular flexibility index (Phi) is 6.36. The Bertz CT molecular complexity index is 1190. The van der Waals surface area contributed by atoms with Gasteiger partial charge in [0.1, 0.15) is 0 Å². The lowest BCUT2D eigenvalue weighted by molar-refractivity contribution is -0.141. The van der Waals surface area contributed by atoms with Crippen molar-refractivity contribution in [2.45, 2.75) is 6.18 Å². The molecule has 0 N–H and O–H groups in total. The fourth-order valence-corrected chi connectivity index (χ4v) is 3.99. The molecule has 0 atom stereocenters. The summed E-state index contributed by atoms with van der Waals surface area (Å²) >= 11 is 12.0. The zero-order chi connectivity index (χ0) is 23.8. The normalized spacial score (nSPS) is 14.5. The maximum absolute atomic E-state index is 12.8. The number of piperazine rings is 1. The largest absolute Gasteiger partial charge is 0.435 e. The van der Waals surface area contributed by atoms with Gasteiger partial charge in [0.25, 0.3) is 11.8 Å². The highest BCUT2D eigenvalue weighted by Gasteiger charge is 2.33. The van der Waals surface area contributed by atoms with Gasteiger partial charge in [-0.2, -0.15) is 18.3 Å². The van der Waals surface area contributed by atoms with E-state index in [0.29, 0.717) is 48.0 Å². The lowest BCUT2D eigenvalue weighted by Crippen LogP contribution is -2.50. The van der Waals surface area contributed by atoms with Gasteiger partial charge in [-0.1, -0.05) is 23.2 Å². The van der Waals surface area contributed by atoms with Crippen LogP contribution in [-0.4, -0.2) is 57.6 Å². The zero-order valence-corrected chi connectivity index (χ0v) is 18.5. The molecule has 0 unspecified atom stereocenters. The predicted octanol–water partition coefficient (Wildman–Crippen LogP) is 4.80. The predicted molar refractivity (Wildman–Crippen MR) is 117 cm³/mol. The summed E-state index contributed by atoms with van der Waals surface area (Å²) in [6, 6.07) is 11.7. The van der Waals surface area contributed by atoms with Crippen LogP contribution in [0.3, 0.4) is 0 Å². The highest BCUT2D eigenvalue weighted by Crippen LogP contribution is 2.28. The number of alkyl halides is 3. The number of hydrogen-bond donors (Lipinski definition) is 0. The van der Waals surface area contributed by atoms with Crippen molar-refractivity contribution in [3.8, 4) is 5.69 Å². The van der Waals surface area contributed by atoms with Gasteiger partial charge < -0.3 is 9.80 Å². The van der Waals surface area contributed by atoms with Crippen LogP contribution < -0.4 is 0 Å². The molecule has 1 saturated heterocycles. The number of aromatic nitrogens is 2. The topological polar surface area (TPSA) is 58.4 Å². The molecular formula is C22H17Cl2F3N4O2. The minimum Gasteiger partial charge on any atom is -0.335 e. The fraction of sp³-hybridized carbons (Fsp3) is 0.227. The molecule has 0 aliphatic carbocycles. The molecule has 2 amide bonds. The van der Waals surface area contributed by atoms with Crippen molar-refractivity contribution in [3.05, 3.63) is 81.6 Å². The summed E-state index contributed by atoms with van der Waals surface area (Å²) in [6.45, 7) is 1.36. The summed E-state index contributed by atoms with van der Waals surface area (Å²) in [4.78, 5) is 28.8. The van der Waals surface area contributed by atoms with E-state index in [4.69, 9.17) is 23.2 Å². The van der Waals surface area contributed by atoms with Gasteiger partial charge in [-0.05, 0) is 48.5 Å². The minimum atomic E-state index is -4.52. The molecule has 0 spiro atoms. The van der Waals surface area contributed by atoms with Gasteiger partial charge in [0, 0.05) is 43.0 Å². The molecule has 0 saturated carbocycles. The SMILES string of the molecule is O=C(c1ccc(-n2ccc(C(F)(F)F)n2)cc1)N1CCN(C(=O)c2ccc(Cl)cc2Cl)CC1. The van der Waals surface area contributed by atoms with Gasteiger partial charge in [-0.15, -0.1) is 0 Å². The Balaban J connectivity index is 1.38. The lowest BCUT2D eigenvalue weighted by Gasteiger charge is -2.35. The smallest absolute Gasteiger partial charge is 0.335 e. The fourth-order valence-electron chi connectivity index (χ4n) is 3.50. The van der Waals surface area contributed by atoms with E-state index in [1.807, 2.05) is 0 Å². The first-order chi connectivity index (χ1) is 15.6. The highest BCUT2D eigenvalue weighted by atomic mass is 35.5. The van der Waals surface area contributed by atoms with E-state index in [1.165, 1.54) is 36.5 Å². The standard InChI is InChI=1S/C22H17Cl2F3N4O2/c23-15-3-6-17(18(24)13-15)21(33)30-11-9-29(10-12-30)20(32)14-1-4-16(5-2-14)31-8-7-19(28-31)22(25,26)27/h1-8,13H,9-12H2. The number of carbonyl (C=O) groups is 2. The molecule has 3 aromatic rings. The van der Waals surface area contributed by atoms with Crippen molar-refractivity contribution in [1.29, 1.82) is 0 Å². The second-order valence-corrected chi connectivity index (χ2v) is 8.24. The summed E-state index contributed by atoms with van der Waals surface area (Å²) in [5.74, 6) is -0.458. The van der Waals surface area contributed by atoms with Crippen molar-refractivity contribution in [2.24, 2.45) is 0 Å². The average molecular weight is 497 g/mol. The van der Waals surface area contributed by atoms with E-state index >= 15 is 0 Å². The summed E-state index contributed by atoms with van der Waals surface area (Å²) < 4.78 is 39.3. The van der Waals surface area contributed by atoms with Crippen LogP contribution >= 0.6 is 23.2 Å². The number of halogens is 5. The maximum Gasteiger partial charge on any atom is 0.435 e. The number of nitrogens with zero attached hydrogens (tertiary/aromatic N) is 4. The number of rotatable bonds is 3. The van der Waals surface area contributed by atoms with Crippen LogP contribution in [-0.2, 0) is 6.18 Å². The molecule has 6 nitrogen and oxygen atoms in total. The molecule has 1 aromatic heterocycles. The summed E-state index contributed by atoms with van der Waals surface area (Å²) in [6.07, 6.45) is -3.31. The van der Waals surface area contributed by atoms with Crippen molar-refractivity contribution >= 4 is 35.0 Å². The van der Waals surface area contributed by atoms with Crippen molar-refractivity contribution < 1.29 is 22.8 Å². The van der Waals surface area contributed by atoms with Crippen LogP contribution in [0.4, 0.5) is 13.2 Å². The second kappa shape index (κ2) is 9.07. The van der Waals surface area contributed by atoms with Crippen LogP contribution in [0.1, 0.15) is 26.4 Å². The highest BCUT2D eigenvalue weighted by molar-refractivity contribution is 6.36. The second-order valence-electron chi connectivity index (χ2n) is 7.40. The van der Waals surface area contributed by atoms with Gasteiger partial charge in [0.2, 0.25) is 0 Å². The van der Waals surface area contributed by atoms with E-state index < -0.39 is 11.9 Å². The number of benzene rings is 2. The van der Waals surface area contributed by atoms with Crippen LogP contribution in [0.5, 0.6) is 0 Å². The third-order valence-electron chi connectivity index (χ3n) is 5.27. The van der Waals surface area contributed by atoms with Crippen molar-refractivity contribution in [1.82, 2.24) is 19.6 Å². The molecule has 11 heteroatoms. The van der Waals surface area contributed by atoms with Crippen LogP contribution in [0.15, 0.2) is 54.7 Å². The first-order valence-electron chi connectivity index (χ1n) is 9.90. The van der Waals surface area contributed by atoms with Crippen molar-refractivity contribution in [2.75, 3.05) is 26.2 Å². The minimum absolute atomic E-state index is 0.227. The van der Waals surface area contributed by atoms with E-state index in [-0.39, 0.29) is 16.8 Å². The molecule has 4 rings (SSSR count). The first kappa shape index (κ1) is 23.1. The lowest BCUT2D eigenvalue weighted by atomic mass is 10.1. The van der Waals surface area contributed by atoms with E-state index in [1.54, 1.807) is 21.9 Å². The van der Waals surface area contributed by atoms with Gasteiger partial charge in [-0.3, -0.25) is 9.59 Å². The van der Waals surface area contributed by atoms with Gasteiger partial charge in [0.15, 0.2) is 5.69 Å². The molecule has 0 radical (unpaired) electrons. The third kappa shape index (κ3) is 4.99. The Labute approximate surface area is 197 Å². The summed E-state index contributed by atoms with van der Waals surface area (Å²) in [7, 11) is 0. The molecule has 0 bridgehead atoms. The molecule has 33 heavy (non-hydrogen) atoms. The first-order valence-corrected chi connectivity index (χ1v) is 10.7. The van der Waals surface area contributed by atoms with Crippen LogP contribution in [0.2, 0.25) is 10.0 Å². The zero-order valence-electron chi connectivity index (χ0n) is 17.0. The van der Waals surface area contributed by atoms with Gasteiger partial charge in [-0.25, -0.2) is 4.68 Å². The molecule has 172 valence electrons. The third-order valence-corrected chi connectivity index (χ3v) is 5.82. The van der Waals surface area contributed by atoms with E-state index in [9.17, 15) is 22.8 Å². The molecular weight excluding hydrogens is 480 g/mol. The van der Waals surface area contributed by atoms with E-state index in [2.05, 4.69) is 5.10 Å². The monoisotopic (exact) mass is 496 g/mol. The van der Waals surface area contributed by atoms with Crippen LogP contribution in [0, 0.1) is 0 Å². The number of carbonyl (C=O) groups excluding carboxylic acids is 2. The number of amides is 2. The Morgan fingerprint density at radius 2 is 1.45 bits per heavy atom. The molecule has 1 aliphatic rings. The molecule has 1 fully saturated rings. The van der Waals surface area contributed by atoms with Crippen LogP contribution in [0.25, 0.3) is 5.69 Å². The summed E-state index contributed by atoms with van der Waals surface area (Å²) in [5.41, 5.74) is 0.151.